The van der Waals surface area contributed by atoms with Crippen molar-refractivity contribution in [2.24, 2.45) is 0 Å². The highest BCUT2D eigenvalue weighted by molar-refractivity contribution is 5.41. The molecule has 0 aliphatic carbocycles. The van der Waals surface area contributed by atoms with Crippen molar-refractivity contribution in [3.05, 3.63) is 29.3 Å². The lowest BCUT2D eigenvalue weighted by molar-refractivity contribution is -0.137. The van der Waals surface area contributed by atoms with Crippen LogP contribution in [0.4, 0.5) is 22.0 Å². The molecule has 130 valence electrons. The van der Waals surface area contributed by atoms with Gasteiger partial charge in [0, 0.05) is 44.2 Å². The number of benzene rings is 1. The molecule has 23 heavy (non-hydrogen) atoms. The molecule has 1 aliphatic rings. The van der Waals surface area contributed by atoms with Gasteiger partial charge in [-0.1, -0.05) is 6.07 Å². The number of alkyl halides is 5. The van der Waals surface area contributed by atoms with Crippen LogP contribution in [-0.4, -0.2) is 44.6 Å². The largest absolute Gasteiger partial charge is 0.496 e. The Labute approximate surface area is 131 Å². The standard InChI is InChI=1S/C15H19F5N2O/c1-23-13-8-10(15(18,19)20)2-3-11(13)12(9-14(16)17)22-6-4-21-5-7-22/h2-3,8,12,14,21H,4-7,9H2,1H3/t12-/m0/s1. The summed E-state index contributed by atoms with van der Waals surface area (Å²) in [6, 6.07) is 2.36. The lowest BCUT2D eigenvalue weighted by atomic mass is 9.98. The first-order valence-corrected chi connectivity index (χ1v) is 7.31. The second-order valence-corrected chi connectivity index (χ2v) is 5.38. The molecule has 1 fully saturated rings. The fourth-order valence-electron chi connectivity index (χ4n) is 2.80. The van der Waals surface area contributed by atoms with Crippen LogP contribution in [-0.2, 0) is 6.18 Å². The Bertz CT molecular complexity index is 515. The number of nitrogens with one attached hydrogen (secondary N) is 1. The monoisotopic (exact) mass is 338 g/mol. The number of hydrogen-bond acceptors (Lipinski definition) is 3. The van der Waals surface area contributed by atoms with Crippen LogP contribution in [0.3, 0.4) is 0 Å². The zero-order valence-corrected chi connectivity index (χ0v) is 12.7. The van der Waals surface area contributed by atoms with Gasteiger partial charge in [-0.3, -0.25) is 4.90 Å². The minimum absolute atomic E-state index is 0.0102. The first-order valence-electron chi connectivity index (χ1n) is 7.31. The molecule has 1 heterocycles. The van der Waals surface area contributed by atoms with E-state index in [1.165, 1.54) is 13.2 Å². The molecule has 0 aromatic heterocycles. The Morgan fingerprint density at radius 3 is 2.39 bits per heavy atom. The van der Waals surface area contributed by atoms with E-state index in [1.807, 2.05) is 4.90 Å². The van der Waals surface area contributed by atoms with E-state index in [0.717, 1.165) is 12.1 Å². The average molecular weight is 338 g/mol. The molecule has 1 saturated heterocycles. The molecule has 1 aliphatic heterocycles. The molecule has 0 saturated carbocycles. The molecule has 1 N–H and O–H groups in total. The highest BCUT2D eigenvalue weighted by Crippen LogP contribution is 2.38. The molecule has 3 nitrogen and oxygen atoms in total. The zero-order chi connectivity index (χ0) is 17.0. The maximum Gasteiger partial charge on any atom is 0.416 e. The number of rotatable bonds is 5. The lowest BCUT2D eigenvalue weighted by Crippen LogP contribution is -2.45. The molecular formula is C15H19F5N2O. The quantitative estimate of drug-likeness (QED) is 0.834. The topological polar surface area (TPSA) is 24.5 Å². The number of piperazine rings is 1. The fourth-order valence-corrected chi connectivity index (χ4v) is 2.80. The number of halogens is 5. The normalized spacial score (nSPS) is 18.2. The SMILES string of the molecule is COc1cc(C(F)(F)F)ccc1[C@H](CC(F)F)N1CCNCC1. The maximum atomic E-state index is 13.0. The van der Waals surface area contributed by atoms with Crippen LogP contribution in [0.5, 0.6) is 5.75 Å². The molecule has 0 amide bonds. The summed E-state index contributed by atoms with van der Waals surface area (Å²) in [5, 5.41) is 3.12. The number of methoxy groups -OCH3 is 1. The van der Waals surface area contributed by atoms with E-state index < -0.39 is 30.6 Å². The Morgan fingerprint density at radius 2 is 1.87 bits per heavy atom. The number of hydrogen-bond donors (Lipinski definition) is 1. The van der Waals surface area contributed by atoms with E-state index in [2.05, 4.69) is 5.32 Å². The summed E-state index contributed by atoms with van der Waals surface area (Å²) in [6.45, 7) is 2.43. The summed E-state index contributed by atoms with van der Waals surface area (Å²) in [5.74, 6) is -0.0102. The van der Waals surface area contributed by atoms with E-state index in [4.69, 9.17) is 4.74 Å². The highest BCUT2D eigenvalue weighted by Gasteiger charge is 2.33. The van der Waals surface area contributed by atoms with Gasteiger partial charge in [0.05, 0.1) is 12.7 Å². The Balaban J connectivity index is 2.36. The van der Waals surface area contributed by atoms with Gasteiger partial charge in [-0.05, 0) is 12.1 Å². The van der Waals surface area contributed by atoms with Gasteiger partial charge >= 0.3 is 6.18 Å². The van der Waals surface area contributed by atoms with Crippen molar-refractivity contribution in [1.29, 1.82) is 0 Å². The smallest absolute Gasteiger partial charge is 0.416 e. The van der Waals surface area contributed by atoms with Gasteiger partial charge in [0.15, 0.2) is 0 Å². The molecule has 0 unspecified atom stereocenters. The van der Waals surface area contributed by atoms with Crippen molar-refractivity contribution in [2.75, 3.05) is 33.3 Å². The van der Waals surface area contributed by atoms with Crippen molar-refractivity contribution < 1.29 is 26.7 Å². The first-order chi connectivity index (χ1) is 10.8. The van der Waals surface area contributed by atoms with E-state index in [1.54, 1.807) is 0 Å². The zero-order valence-electron chi connectivity index (χ0n) is 12.7. The summed E-state index contributed by atoms with van der Waals surface area (Å²) in [7, 11) is 1.25. The van der Waals surface area contributed by atoms with E-state index in [9.17, 15) is 22.0 Å². The van der Waals surface area contributed by atoms with Crippen molar-refractivity contribution in [3.8, 4) is 5.75 Å². The maximum absolute atomic E-state index is 13.0. The van der Waals surface area contributed by atoms with Gasteiger partial charge in [0.1, 0.15) is 5.75 Å². The lowest BCUT2D eigenvalue weighted by Gasteiger charge is -2.35. The summed E-state index contributed by atoms with van der Waals surface area (Å²) >= 11 is 0. The summed E-state index contributed by atoms with van der Waals surface area (Å²) in [4.78, 5) is 1.85. The fraction of sp³-hybridized carbons (Fsp3) is 0.600. The molecule has 0 bridgehead atoms. The second-order valence-electron chi connectivity index (χ2n) is 5.38. The molecular weight excluding hydrogens is 319 g/mol. The highest BCUT2D eigenvalue weighted by atomic mass is 19.4. The summed E-state index contributed by atoms with van der Waals surface area (Å²) in [6.07, 6.45) is -7.50. The molecule has 2 rings (SSSR count). The third-order valence-electron chi connectivity index (χ3n) is 3.91. The summed E-state index contributed by atoms with van der Waals surface area (Å²) in [5.41, 5.74) is -0.489. The van der Waals surface area contributed by atoms with Crippen LogP contribution in [0.25, 0.3) is 0 Å². The van der Waals surface area contributed by atoms with E-state index in [0.29, 0.717) is 31.7 Å². The van der Waals surface area contributed by atoms with Crippen molar-refractivity contribution in [3.63, 3.8) is 0 Å². The molecule has 1 aromatic rings. The van der Waals surface area contributed by atoms with Crippen LogP contribution in [0.2, 0.25) is 0 Å². The van der Waals surface area contributed by atoms with E-state index in [-0.39, 0.29) is 5.75 Å². The second kappa shape index (κ2) is 7.44. The Morgan fingerprint density at radius 1 is 1.22 bits per heavy atom. The van der Waals surface area contributed by atoms with Crippen LogP contribution >= 0.6 is 0 Å². The number of ether oxygens (including phenoxy) is 1. The van der Waals surface area contributed by atoms with Crippen LogP contribution < -0.4 is 10.1 Å². The van der Waals surface area contributed by atoms with Gasteiger partial charge in [0.2, 0.25) is 6.43 Å². The average Bonchev–Trinajstić information content (AvgIpc) is 2.52. The van der Waals surface area contributed by atoms with Crippen molar-refractivity contribution >= 4 is 0 Å². The summed E-state index contributed by atoms with van der Waals surface area (Å²) < 4.78 is 69.4. The predicted octanol–water partition coefficient (Wildman–Crippen LogP) is 3.32. The minimum atomic E-state index is -4.50. The van der Waals surface area contributed by atoms with Crippen LogP contribution in [0.15, 0.2) is 18.2 Å². The van der Waals surface area contributed by atoms with Crippen LogP contribution in [0.1, 0.15) is 23.6 Å². The Kier molecular flexibility index (Phi) is 5.80. The Hall–Kier alpha value is -1.41. The van der Waals surface area contributed by atoms with Gasteiger partial charge in [0.25, 0.3) is 0 Å². The minimum Gasteiger partial charge on any atom is -0.496 e. The number of nitrogens with zero attached hydrogens (tertiary/aromatic N) is 1. The van der Waals surface area contributed by atoms with Crippen molar-refractivity contribution in [1.82, 2.24) is 10.2 Å². The molecule has 1 aromatic carbocycles. The van der Waals surface area contributed by atoms with Gasteiger partial charge in [-0.15, -0.1) is 0 Å². The molecule has 0 spiro atoms. The molecule has 0 radical (unpaired) electrons. The molecule has 8 heteroatoms. The van der Waals surface area contributed by atoms with Gasteiger partial charge in [-0.25, -0.2) is 8.78 Å². The van der Waals surface area contributed by atoms with Gasteiger partial charge in [-0.2, -0.15) is 13.2 Å². The molecule has 1 atom stereocenters. The first kappa shape index (κ1) is 17.9. The van der Waals surface area contributed by atoms with Crippen molar-refractivity contribution in [2.45, 2.75) is 25.1 Å². The van der Waals surface area contributed by atoms with Crippen LogP contribution in [0, 0.1) is 0 Å². The third-order valence-corrected chi connectivity index (χ3v) is 3.91. The van der Waals surface area contributed by atoms with E-state index >= 15 is 0 Å². The van der Waals surface area contributed by atoms with Gasteiger partial charge < -0.3 is 10.1 Å². The predicted molar refractivity (Wildman–Crippen MR) is 75.8 cm³/mol. The third kappa shape index (κ3) is 4.54.